The van der Waals surface area contributed by atoms with E-state index in [-0.39, 0.29) is 5.56 Å². The van der Waals surface area contributed by atoms with Crippen molar-refractivity contribution in [3.63, 3.8) is 0 Å². The van der Waals surface area contributed by atoms with Gasteiger partial charge in [-0.2, -0.15) is 5.10 Å². The minimum absolute atomic E-state index is 0.127. The van der Waals surface area contributed by atoms with E-state index in [1.165, 1.54) is 4.68 Å². The molecule has 0 aromatic carbocycles. The second-order valence-electron chi connectivity index (χ2n) is 4.87. The molecule has 1 N–H and O–H groups in total. The van der Waals surface area contributed by atoms with Crippen molar-refractivity contribution in [3.8, 4) is 0 Å². The number of aromatic nitrogens is 2. The third-order valence-electron chi connectivity index (χ3n) is 3.34. The van der Waals surface area contributed by atoms with E-state index in [0.717, 1.165) is 30.3 Å². The Morgan fingerprint density at radius 1 is 1.33 bits per heavy atom. The van der Waals surface area contributed by atoms with Crippen molar-refractivity contribution < 1.29 is 4.42 Å². The van der Waals surface area contributed by atoms with E-state index in [9.17, 15) is 4.79 Å². The van der Waals surface area contributed by atoms with Crippen molar-refractivity contribution in [1.82, 2.24) is 15.1 Å². The number of rotatable bonds is 7. The Bertz CT molecular complexity index is 633. The summed E-state index contributed by atoms with van der Waals surface area (Å²) in [5.74, 6) is 1.59. The molecular formula is C15H22N4O2. The fourth-order valence-electron chi connectivity index (χ4n) is 1.93. The number of nitrogens with one attached hydrogen (secondary N) is 1. The maximum Gasteiger partial charge on any atom is 0.269 e. The van der Waals surface area contributed by atoms with E-state index in [1.54, 1.807) is 12.3 Å². The van der Waals surface area contributed by atoms with Crippen molar-refractivity contribution in [2.45, 2.75) is 26.9 Å². The van der Waals surface area contributed by atoms with Gasteiger partial charge in [0.1, 0.15) is 18.1 Å². The van der Waals surface area contributed by atoms with Gasteiger partial charge in [0.25, 0.3) is 5.56 Å². The van der Waals surface area contributed by atoms with Crippen LogP contribution >= 0.6 is 0 Å². The van der Waals surface area contributed by atoms with Crippen LogP contribution in [0.3, 0.4) is 0 Å². The van der Waals surface area contributed by atoms with Gasteiger partial charge < -0.3 is 14.6 Å². The molecule has 0 aliphatic heterocycles. The molecule has 114 valence electrons. The van der Waals surface area contributed by atoms with E-state index in [2.05, 4.69) is 10.4 Å². The summed E-state index contributed by atoms with van der Waals surface area (Å²) >= 11 is 0. The first-order valence-electron chi connectivity index (χ1n) is 7.20. The number of nitrogens with zero attached hydrogens (tertiary/aromatic N) is 3. The first-order chi connectivity index (χ1) is 10.1. The second kappa shape index (κ2) is 7.08. The van der Waals surface area contributed by atoms with Crippen molar-refractivity contribution in [3.05, 3.63) is 46.3 Å². The first kappa shape index (κ1) is 15.3. The average Bonchev–Trinajstić information content (AvgIpc) is 2.94. The molecule has 6 nitrogen and oxygen atoms in total. The standard InChI is InChI=1S/C15H22N4O2/c1-4-16-10-13-6-7-14(21-13)11-19-15(20)8-12(9-17-19)18(3)5-2/h6-9,16H,4-5,10-11H2,1-3H3. The zero-order valence-electron chi connectivity index (χ0n) is 12.8. The fourth-order valence-corrected chi connectivity index (χ4v) is 1.93. The number of hydrogen-bond acceptors (Lipinski definition) is 5. The SMILES string of the molecule is CCNCc1ccc(Cn2ncc(N(C)CC)cc2=O)o1. The third-order valence-corrected chi connectivity index (χ3v) is 3.34. The Morgan fingerprint density at radius 3 is 2.76 bits per heavy atom. The predicted octanol–water partition coefficient (Wildman–Crippen LogP) is 1.45. The zero-order valence-corrected chi connectivity index (χ0v) is 12.8. The molecule has 2 heterocycles. The molecule has 2 aromatic heterocycles. The smallest absolute Gasteiger partial charge is 0.269 e. The van der Waals surface area contributed by atoms with E-state index in [0.29, 0.717) is 13.1 Å². The van der Waals surface area contributed by atoms with Crippen LogP contribution in [0.2, 0.25) is 0 Å². The van der Waals surface area contributed by atoms with Crippen LogP contribution in [-0.2, 0) is 13.1 Å². The van der Waals surface area contributed by atoms with E-state index < -0.39 is 0 Å². The molecule has 0 unspecified atom stereocenters. The summed E-state index contributed by atoms with van der Waals surface area (Å²) < 4.78 is 7.08. The molecule has 0 aliphatic carbocycles. The molecule has 2 aromatic rings. The highest BCUT2D eigenvalue weighted by Crippen LogP contribution is 2.10. The van der Waals surface area contributed by atoms with Gasteiger partial charge in [-0.05, 0) is 25.6 Å². The highest BCUT2D eigenvalue weighted by atomic mass is 16.3. The lowest BCUT2D eigenvalue weighted by Gasteiger charge is -2.16. The topological polar surface area (TPSA) is 63.3 Å². The number of hydrogen-bond donors (Lipinski definition) is 1. The molecule has 0 spiro atoms. The molecule has 21 heavy (non-hydrogen) atoms. The van der Waals surface area contributed by atoms with Crippen LogP contribution in [-0.4, -0.2) is 29.9 Å². The summed E-state index contributed by atoms with van der Waals surface area (Å²) in [6.45, 7) is 6.84. The van der Waals surface area contributed by atoms with Crippen LogP contribution in [0.4, 0.5) is 5.69 Å². The Balaban J connectivity index is 2.09. The molecule has 0 atom stereocenters. The predicted molar refractivity (Wildman–Crippen MR) is 82.6 cm³/mol. The molecule has 0 saturated heterocycles. The summed E-state index contributed by atoms with van der Waals surface area (Å²) in [7, 11) is 1.93. The van der Waals surface area contributed by atoms with Gasteiger partial charge in [-0.15, -0.1) is 0 Å². The van der Waals surface area contributed by atoms with Crippen molar-refractivity contribution >= 4 is 5.69 Å². The van der Waals surface area contributed by atoms with Gasteiger partial charge in [-0.3, -0.25) is 4.79 Å². The van der Waals surface area contributed by atoms with Crippen LogP contribution < -0.4 is 15.8 Å². The Hall–Kier alpha value is -2.08. The van der Waals surface area contributed by atoms with Gasteiger partial charge in [0.2, 0.25) is 0 Å². The Morgan fingerprint density at radius 2 is 2.10 bits per heavy atom. The molecular weight excluding hydrogens is 268 g/mol. The number of anilines is 1. The molecule has 0 radical (unpaired) electrons. The highest BCUT2D eigenvalue weighted by molar-refractivity contribution is 5.41. The normalized spacial score (nSPS) is 10.8. The number of furan rings is 1. The quantitative estimate of drug-likeness (QED) is 0.836. The van der Waals surface area contributed by atoms with Crippen molar-refractivity contribution in [1.29, 1.82) is 0 Å². The lowest BCUT2D eigenvalue weighted by molar-refractivity contribution is 0.428. The second-order valence-corrected chi connectivity index (χ2v) is 4.87. The lowest BCUT2D eigenvalue weighted by atomic mass is 10.4. The zero-order chi connectivity index (χ0) is 15.2. The maximum absolute atomic E-state index is 12.1. The van der Waals surface area contributed by atoms with E-state index >= 15 is 0 Å². The lowest BCUT2D eigenvalue weighted by Crippen LogP contribution is -2.25. The first-order valence-corrected chi connectivity index (χ1v) is 7.20. The van der Waals surface area contributed by atoms with Gasteiger partial charge >= 0.3 is 0 Å². The van der Waals surface area contributed by atoms with E-state index in [4.69, 9.17) is 4.42 Å². The van der Waals surface area contributed by atoms with Crippen molar-refractivity contribution in [2.75, 3.05) is 25.0 Å². The fraction of sp³-hybridized carbons (Fsp3) is 0.467. The van der Waals surface area contributed by atoms with Gasteiger partial charge in [-0.1, -0.05) is 6.92 Å². The summed E-state index contributed by atoms with van der Waals surface area (Å²) in [5.41, 5.74) is 0.698. The largest absolute Gasteiger partial charge is 0.463 e. The third kappa shape index (κ3) is 3.95. The summed E-state index contributed by atoms with van der Waals surface area (Å²) in [4.78, 5) is 14.0. The molecule has 0 fully saturated rings. The van der Waals surface area contributed by atoms with Crippen LogP contribution in [0.25, 0.3) is 0 Å². The molecule has 0 saturated carbocycles. The van der Waals surface area contributed by atoms with Crippen LogP contribution in [0.1, 0.15) is 25.4 Å². The average molecular weight is 290 g/mol. The monoisotopic (exact) mass is 290 g/mol. The Kier molecular flexibility index (Phi) is 5.16. The van der Waals surface area contributed by atoms with Crippen LogP contribution in [0.15, 0.2) is 33.6 Å². The van der Waals surface area contributed by atoms with E-state index in [1.807, 2.05) is 37.9 Å². The van der Waals surface area contributed by atoms with Gasteiger partial charge in [-0.25, -0.2) is 4.68 Å². The van der Waals surface area contributed by atoms with Gasteiger partial charge in [0.05, 0.1) is 18.4 Å². The summed E-state index contributed by atoms with van der Waals surface area (Å²) in [6.07, 6.45) is 1.70. The minimum Gasteiger partial charge on any atom is -0.463 e. The Labute approximate surface area is 124 Å². The molecule has 0 bridgehead atoms. The summed E-state index contributed by atoms with van der Waals surface area (Å²) in [5, 5.41) is 7.40. The van der Waals surface area contributed by atoms with Crippen LogP contribution in [0, 0.1) is 0 Å². The summed E-state index contributed by atoms with van der Waals surface area (Å²) in [6, 6.07) is 5.40. The molecule has 0 amide bonds. The minimum atomic E-state index is -0.127. The molecule has 2 rings (SSSR count). The van der Waals surface area contributed by atoms with Gasteiger partial charge in [0, 0.05) is 19.7 Å². The molecule has 6 heteroatoms. The highest BCUT2D eigenvalue weighted by Gasteiger charge is 2.07. The molecule has 0 aliphatic rings. The van der Waals surface area contributed by atoms with Crippen molar-refractivity contribution in [2.24, 2.45) is 0 Å². The van der Waals surface area contributed by atoms with Gasteiger partial charge in [0.15, 0.2) is 0 Å². The maximum atomic E-state index is 12.1. The van der Waals surface area contributed by atoms with Crippen LogP contribution in [0.5, 0.6) is 0 Å².